The van der Waals surface area contributed by atoms with Crippen molar-refractivity contribution in [1.82, 2.24) is 9.97 Å². The van der Waals surface area contributed by atoms with Crippen LogP contribution in [0.1, 0.15) is 11.1 Å². The van der Waals surface area contributed by atoms with Crippen molar-refractivity contribution in [3.8, 4) is 11.4 Å². The van der Waals surface area contributed by atoms with Gasteiger partial charge in [-0.25, -0.2) is 9.97 Å². The summed E-state index contributed by atoms with van der Waals surface area (Å²) < 4.78 is 0.523. The van der Waals surface area contributed by atoms with Crippen molar-refractivity contribution in [2.24, 2.45) is 0 Å². The largest absolute Gasteiger partial charge is 0.215 e. The summed E-state index contributed by atoms with van der Waals surface area (Å²) in [5.74, 6) is 0.546. The second-order valence-electron chi connectivity index (χ2n) is 3.69. The predicted octanol–water partition coefficient (Wildman–Crippen LogP) is 4.83. The third-order valence-corrected chi connectivity index (χ3v) is 4.37. The van der Waals surface area contributed by atoms with Gasteiger partial charge in [0.1, 0.15) is 10.3 Å². The molecule has 1 aromatic heterocycles. The van der Waals surface area contributed by atoms with Gasteiger partial charge in [-0.15, -0.1) is 0 Å². The molecule has 2 rings (SSSR count). The average molecular weight is 332 g/mol. The molecule has 0 aliphatic carbocycles. The molecular weight excluding hydrogens is 323 g/mol. The lowest BCUT2D eigenvalue weighted by atomic mass is 10.0. The third kappa shape index (κ3) is 2.46. The molecule has 0 aliphatic rings. The molecule has 0 atom stereocenters. The van der Waals surface area contributed by atoms with Crippen LogP contribution < -0.4 is 0 Å². The van der Waals surface area contributed by atoms with Crippen molar-refractivity contribution in [1.29, 1.82) is 0 Å². The zero-order valence-corrected chi connectivity index (χ0v) is 12.4. The van der Waals surface area contributed by atoms with E-state index in [2.05, 4.69) is 25.9 Å². The molecule has 0 spiro atoms. The van der Waals surface area contributed by atoms with Gasteiger partial charge in [0, 0.05) is 5.56 Å². The normalized spacial score (nSPS) is 10.6. The second kappa shape index (κ2) is 4.92. The summed E-state index contributed by atoms with van der Waals surface area (Å²) in [5, 5.41) is 0.641. The van der Waals surface area contributed by atoms with Crippen molar-refractivity contribution >= 4 is 39.1 Å². The van der Waals surface area contributed by atoms with Gasteiger partial charge in [-0.3, -0.25) is 0 Å². The Morgan fingerprint density at radius 3 is 2.24 bits per heavy atom. The molecule has 0 amide bonds. The Balaban J connectivity index is 2.65. The Morgan fingerprint density at radius 2 is 1.65 bits per heavy atom. The van der Waals surface area contributed by atoms with E-state index in [9.17, 15) is 0 Å². The number of hydrogen-bond donors (Lipinski definition) is 0. The van der Waals surface area contributed by atoms with E-state index in [-0.39, 0.29) is 0 Å². The SMILES string of the molecule is Cc1cccc(-c2nc(Cl)c(Br)c(Cl)n2)c1C. The fourth-order valence-corrected chi connectivity index (χ4v) is 2.07. The fraction of sp³-hybridized carbons (Fsp3) is 0.167. The predicted molar refractivity (Wildman–Crippen MR) is 74.7 cm³/mol. The number of aromatic nitrogens is 2. The molecule has 2 aromatic rings. The maximum Gasteiger partial charge on any atom is 0.162 e. The highest BCUT2D eigenvalue weighted by molar-refractivity contribution is 9.10. The van der Waals surface area contributed by atoms with Crippen LogP contribution >= 0.6 is 39.1 Å². The number of hydrogen-bond acceptors (Lipinski definition) is 2. The zero-order chi connectivity index (χ0) is 12.6. The molecular formula is C12H9BrCl2N2. The van der Waals surface area contributed by atoms with Crippen molar-refractivity contribution in [2.45, 2.75) is 13.8 Å². The molecule has 0 unspecified atom stereocenters. The third-order valence-electron chi connectivity index (χ3n) is 2.62. The van der Waals surface area contributed by atoms with Gasteiger partial charge < -0.3 is 0 Å². The standard InChI is InChI=1S/C12H9BrCl2N2/c1-6-4-3-5-8(7(6)2)12-16-10(14)9(13)11(15)17-12/h3-5H,1-2H3. The number of benzene rings is 1. The fourth-order valence-electron chi connectivity index (χ4n) is 1.51. The van der Waals surface area contributed by atoms with Crippen LogP contribution in [-0.2, 0) is 0 Å². The van der Waals surface area contributed by atoms with Crippen molar-refractivity contribution < 1.29 is 0 Å². The Bertz CT molecular complexity index is 562. The maximum atomic E-state index is 5.98. The Morgan fingerprint density at radius 1 is 1.06 bits per heavy atom. The number of halogens is 3. The summed E-state index contributed by atoms with van der Waals surface area (Å²) in [5.41, 5.74) is 3.25. The summed E-state index contributed by atoms with van der Waals surface area (Å²) in [4.78, 5) is 8.46. The van der Waals surface area contributed by atoms with E-state index in [0.717, 1.165) is 11.1 Å². The van der Waals surface area contributed by atoms with Gasteiger partial charge >= 0.3 is 0 Å². The van der Waals surface area contributed by atoms with E-state index < -0.39 is 0 Å². The summed E-state index contributed by atoms with van der Waals surface area (Å²) >= 11 is 15.2. The zero-order valence-electron chi connectivity index (χ0n) is 9.26. The first-order chi connectivity index (χ1) is 8.00. The van der Waals surface area contributed by atoms with Crippen LogP contribution in [0.25, 0.3) is 11.4 Å². The van der Waals surface area contributed by atoms with E-state index in [1.165, 1.54) is 5.56 Å². The molecule has 2 nitrogen and oxygen atoms in total. The molecule has 0 fully saturated rings. The second-order valence-corrected chi connectivity index (χ2v) is 5.20. The minimum absolute atomic E-state index is 0.320. The van der Waals surface area contributed by atoms with Gasteiger partial charge in [0.25, 0.3) is 0 Å². The first-order valence-corrected chi connectivity index (χ1v) is 6.50. The molecule has 17 heavy (non-hydrogen) atoms. The van der Waals surface area contributed by atoms with Crippen LogP contribution in [0.4, 0.5) is 0 Å². The van der Waals surface area contributed by atoms with Crippen LogP contribution in [0.2, 0.25) is 10.3 Å². The van der Waals surface area contributed by atoms with E-state index in [1.54, 1.807) is 0 Å². The van der Waals surface area contributed by atoms with Gasteiger partial charge in [0.15, 0.2) is 5.82 Å². The maximum absolute atomic E-state index is 5.98. The Kier molecular flexibility index (Phi) is 3.71. The molecule has 0 saturated heterocycles. The van der Waals surface area contributed by atoms with Gasteiger partial charge in [-0.1, -0.05) is 41.4 Å². The lowest BCUT2D eigenvalue weighted by Gasteiger charge is -2.08. The highest BCUT2D eigenvalue weighted by atomic mass is 79.9. The first kappa shape index (κ1) is 12.8. The molecule has 0 saturated carbocycles. The topological polar surface area (TPSA) is 25.8 Å². The van der Waals surface area contributed by atoms with Gasteiger partial charge in [-0.05, 0) is 40.9 Å². The summed E-state index contributed by atoms with van der Waals surface area (Å²) in [6.45, 7) is 4.07. The van der Waals surface area contributed by atoms with Crippen molar-refractivity contribution in [3.63, 3.8) is 0 Å². The molecule has 1 aromatic carbocycles. The quantitative estimate of drug-likeness (QED) is 0.699. The van der Waals surface area contributed by atoms with Crippen LogP contribution in [0.15, 0.2) is 22.7 Å². The molecule has 5 heteroatoms. The molecule has 88 valence electrons. The van der Waals surface area contributed by atoms with Crippen LogP contribution in [0.5, 0.6) is 0 Å². The van der Waals surface area contributed by atoms with E-state index >= 15 is 0 Å². The number of nitrogens with zero attached hydrogens (tertiary/aromatic N) is 2. The lowest BCUT2D eigenvalue weighted by Crippen LogP contribution is -1.95. The smallest absolute Gasteiger partial charge is 0.162 e. The molecule has 0 aliphatic heterocycles. The lowest BCUT2D eigenvalue weighted by molar-refractivity contribution is 1.15. The average Bonchev–Trinajstić information content (AvgIpc) is 2.29. The van der Waals surface area contributed by atoms with Gasteiger partial charge in [0.05, 0.1) is 4.47 Å². The number of rotatable bonds is 1. The first-order valence-electron chi connectivity index (χ1n) is 4.96. The van der Waals surface area contributed by atoms with Gasteiger partial charge in [-0.2, -0.15) is 0 Å². The van der Waals surface area contributed by atoms with E-state index in [4.69, 9.17) is 23.2 Å². The van der Waals surface area contributed by atoms with Gasteiger partial charge in [0.2, 0.25) is 0 Å². The van der Waals surface area contributed by atoms with E-state index in [0.29, 0.717) is 20.6 Å². The number of aryl methyl sites for hydroxylation is 1. The molecule has 1 heterocycles. The van der Waals surface area contributed by atoms with Crippen LogP contribution in [0.3, 0.4) is 0 Å². The summed E-state index contributed by atoms with van der Waals surface area (Å²) in [6, 6.07) is 5.96. The molecule has 0 N–H and O–H groups in total. The Hall–Kier alpha value is -0.640. The highest BCUT2D eigenvalue weighted by Crippen LogP contribution is 2.31. The van der Waals surface area contributed by atoms with Crippen LogP contribution in [0, 0.1) is 13.8 Å². The van der Waals surface area contributed by atoms with Crippen LogP contribution in [-0.4, -0.2) is 9.97 Å². The minimum Gasteiger partial charge on any atom is -0.215 e. The molecule has 0 bridgehead atoms. The minimum atomic E-state index is 0.320. The van der Waals surface area contributed by atoms with Crippen molar-refractivity contribution in [3.05, 3.63) is 44.1 Å². The summed E-state index contributed by atoms with van der Waals surface area (Å²) in [6.07, 6.45) is 0. The highest BCUT2D eigenvalue weighted by Gasteiger charge is 2.12. The summed E-state index contributed by atoms with van der Waals surface area (Å²) in [7, 11) is 0. The Labute approximate surface area is 118 Å². The van der Waals surface area contributed by atoms with Crippen molar-refractivity contribution in [2.75, 3.05) is 0 Å². The van der Waals surface area contributed by atoms with E-state index in [1.807, 2.05) is 32.0 Å². The molecule has 0 radical (unpaired) electrons. The monoisotopic (exact) mass is 330 g/mol.